The number of fused-ring (bicyclic) bond motifs is 1. The SMILES string of the molecule is CCc1n[nH]c(CC)c1Cc1sc2c(c1C(=O)N1CC(O)CO1)c(=O)n(C)c(=O)n2CC(C)C. The molecule has 1 amide bonds. The average Bonchev–Trinajstić information content (AvgIpc) is 3.51. The second-order valence-corrected chi connectivity index (χ2v) is 10.1. The molecule has 4 rings (SSSR count). The number of β-amino-alcohol motifs (C(OH)–C–C–N with tert-alkyl or cyclic N) is 1. The van der Waals surface area contributed by atoms with Gasteiger partial charge in [0.1, 0.15) is 17.5 Å². The first-order chi connectivity index (χ1) is 16.2. The Labute approximate surface area is 200 Å². The third kappa shape index (κ3) is 4.12. The van der Waals surface area contributed by atoms with Gasteiger partial charge in [-0.1, -0.05) is 27.7 Å². The van der Waals surface area contributed by atoms with Crippen molar-refractivity contribution in [2.45, 2.75) is 59.6 Å². The molecule has 0 radical (unpaired) electrons. The van der Waals surface area contributed by atoms with E-state index in [1.165, 1.54) is 18.4 Å². The molecule has 1 unspecified atom stereocenters. The maximum Gasteiger partial charge on any atom is 0.331 e. The Morgan fingerprint density at radius 3 is 2.62 bits per heavy atom. The van der Waals surface area contributed by atoms with Gasteiger partial charge in [-0.15, -0.1) is 11.3 Å². The number of hydrogen-bond donors (Lipinski definition) is 2. The fourth-order valence-corrected chi connectivity index (χ4v) is 5.69. The average molecular weight is 490 g/mol. The summed E-state index contributed by atoms with van der Waals surface area (Å²) in [4.78, 5) is 46.6. The van der Waals surface area contributed by atoms with Gasteiger partial charge >= 0.3 is 5.69 Å². The normalized spacial score (nSPS) is 16.3. The third-order valence-electron chi connectivity index (χ3n) is 6.10. The van der Waals surface area contributed by atoms with E-state index < -0.39 is 23.3 Å². The van der Waals surface area contributed by atoms with Gasteiger partial charge in [-0.3, -0.25) is 28.7 Å². The summed E-state index contributed by atoms with van der Waals surface area (Å²) in [6.07, 6.45) is 1.09. The second-order valence-electron chi connectivity index (χ2n) is 9.06. The maximum absolute atomic E-state index is 13.6. The second kappa shape index (κ2) is 9.47. The van der Waals surface area contributed by atoms with E-state index in [4.69, 9.17) is 4.84 Å². The number of amides is 1. The summed E-state index contributed by atoms with van der Waals surface area (Å²) in [5, 5.41) is 18.8. The molecule has 0 bridgehead atoms. The molecule has 4 heterocycles. The van der Waals surface area contributed by atoms with E-state index in [-0.39, 0.29) is 30.0 Å². The molecule has 2 N–H and O–H groups in total. The van der Waals surface area contributed by atoms with Crippen LogP contribution < -0.4 is 11.2 Å². The smallest absolute Gasteiger partial charge is 0.331 e. The van der Waals surface area contributed by atoms with E-state index in [2.05, 4.69) is 10.2 Å². The number of hydrogen-bond acceptors (Lipinski definition) is 7. The van der Waals surface area contributed by atoms with Crippen LogP contribution in [0.4, 0.5) is 0 Å². The number of carbonyl (C=O) groups excluding carboxylic acids is 1. The Morgan fingerprint density at radius 1 is 1.29 bits per heavy atom. The zero-order chi connectivity index (χ0) is 24.7. The molecule has 10 nitrogen and oxygen atoms in total. The molecular formula is C23H31N5O5S. The number of aliphatic hydroxyl groups is 1. The van der Waals surface area contributed by atoms with Gasteiger partial charge in [0.2, 0.25) is 0 Å². The molecule has 3 aromatic heterocycles. The van der Waals surface area contributed by atoms with E-state index in [0.29, 0.717) is 22.7 Å². The number of H-pyrrole nitrogens is 1. The van der Waals surface area contributed by atoms with Crippen molar-refractivity contribution in [3.8, 4) is 0 Å². The molecule has 1 fully saturated rings. The van der Waals surface area contributed by atoms with Gasteiger partial charge in [-0.2, -0.15) is 5.10 Å². The van der Waals surface area contributed by atoms with Gasteiger partial charge in [0.15, 0.2) is 0 Å². The number of nitrogens with one attached hydrogen (secondary N) is 1. The Hall–Kier alpha value is -2.76. The van der Waals surface area contributed by atoms with E-state index in [0.717, 1.165) is 39.4 Å². The number of aromatic nitrogens is 4. The zero-order valence-electron chi connectivity index (χ0n) is 20.2. The fraction of sp³-hybridized carbons (Fsp3) is 0.565. The molecule has 0 aliphatic carbocycles. The van der Waals surface area contributed by atoms with Crippen molar-refractivity contribution >= 4 is 27.5 Å². The number of thiophene rings is 1. The summed E-state index contributed by atoms with van der Waals surface area (Å²) < 4.78 is 2.65. The van der Waals surface area contributed by atoms with Crippen LogP contribution in [-0.2, 0) is 37.7 Å². The standard InChI is InChI=1S/C23H31N5O5S/c1-6-15-14(16(7-2)25-24-15)8-17-18(21(31)28-10-13(29)11-33-28)19-20(30)26(5)23(32)27(9-12(3)4)22(19)34-17/h12-13,29H,6-11H2,1-5H3,(H,24,25). The predicted octanol–water partition coefficient (Wildman–Crippen LogP) is 1.60. The van der Waals surface area contributed by atoms with E-state index in [1.807, 2.05) is 27.7 Å². The lowest BCUT2D eigenvalue weighted by Gasteiger charge is -2.15. The number of hydroxylamine groups is 2. The highest BCUT2D eigenvalue weighted by molar-refractivity contribution is 7.19. The van der Waals surface area contributed by atoms with Crippen molar-refractivity contribution < 1.29 is 14.7 Å². The molecule has 34 heavy (non-hydrogen) atoms. The van der Waals surface area contributed by atoms with Crippen LogP contribution in [0.5, 0.6) is 0 Å². The minimum Gasteiger partial charge on any atom is -0.389 e. The van der Waals surface area contributed by atoms with E-state index in [9.17, 15) is 19.5 Å². The number of aryl methyl sites for hydroxylation is 2. The van der Waals surface area contributed by atoms with Crippen molar-refractivity contribution in [1.82, 2.24) is 24.4 Å². The van der Waals surface area contributed by atoms with Gasteiger partial charge in [-0.25, -0.2) is 9.86 Å². The summed E-state index contributed by atoms with van der Waals surface area (Å²) in [7, 11) is 1.43. The highest BCUT2D eigenvalue weighted by Gasteiger charge is 2.33. The van der Waals surface area contributed by atoms with Gasteiger partial charge in [-0.05, 0) is 18.8 Å². The Bertz CT molecular complexity index is 1330. The Balaban J connectivity index is 2.00. The van der Waals surface area contributed by atoms with Crippen molar-refractivity contribution in [3.63, 3.8) is 0 Å². The van der Waals surface area contributed by atoms with Crippen LogP contribution in [0.2, 0.25) is 0 Å². The first-order valence-corrected chi connectivity index (χ1v) is 12.4. The molecule has 184 valence electrons. The van der Waals surface area contributed by atoms with Crippen molar-refractivity contribution in [3.05, 3.63) is 48.2 Å². The molecule has 1 saturated heterocycles. The number of aromatic amines is 1. The van der Waals surface area contributed by atoms with Crippen LogP contribution >= 0.6 is 11.3 Å². The lowest BCUT2D eigenvalue weighted by Crippen LogP contribution is -2.39. The van der Waals surface area contributed by atoms with Crippen molar-refractivity contribution in [1.29, 1.82) is 0 Å². The molecule has 1 aliphatic rings. The highest BCUT2D eigenvalue weighted by Crippen LogP contribution is 2.34. The monoisotopic (exact) mass is 489 g/mol. The van der Waals surface area contributed by atoms with Gasteiger partial charge in [0, 0.05) is 36.1 Å². The molecule has 1 atom stereocenters. The number of aliphatic hydroxyl groups excluding tert-OH is 1. The molecule has 1 aliphatic heterocycles. The van der Waals surface area contributed by atoms with Gasteiger partial charge in [0.05, 0.1) is 23.2 Å². The predicted molar refractivity (Wildman–Crippen MR) is 129 cm³/mol. The summed E-state index contributed by atoms with van der Waals surface area (Å²) in [6, 6.07) is 0. The van der Waals surface area contributed by atoms with Crippen LogP contribution in [0.3, 0.4) is 0 Å². The van der Waals surface area contributed by atoms with Gasteiger partial charge < -0.3 is 5.11 Å². The molecule has 3 aromatic rings. The van der Waals surface area contributed by atoms with Crippen LogP contribution in [0.1, 0.15) is 59.9 Å². The minimum absolute atomic E-state index is 0.0148. The summed E-state index contributed by atoms with van der Waals surface area (Å²) in [6.45, 7) is 8.50. The Kier molecular flexibility index (Phi) is 6.79. The largest absolute Gasteiger partial charge is 0.389 e. The van der Waals surface area contributed by atoms with Crippen LogP contribution in [-0.4, -0.2) is 54.7 Å². The minimum atomic E-state index is -0.786. The topological polar surface area (TPSA) is 122 Å². The quantitative estimate of drug-likeness (QED) is 0.520. The zero-order valence-corrected chi connectivity index (χ0v) is 21.0. The molecule has 0 saturated carbocycles. The molecule has 0 spiro atoms. The Morgan fingerprint density at radius 2 is 2.03 bits per heavy atom. The van der Waals surface area contributed by atoms with E-state index in [1.54, 1.807) is 4.57 Å². The van der Waals surface area contributed by atoms with Crippen LogP contribution in [0, 0.1) is 5.92 Å². The maximum atomic E-state index is 13.6. The third-order valence-corrected chi connectivity index (χ3v) is 7.31. The van der Waals surface area contributed by atoms with Crippen molar-refractivity contribution in [2.75, 3.05) is 13.2 Å². The highest BCUT2D eigenvalue weighted by atomic mass is 32.1. The first kappa shape index (κ1) is 24.4. The van der Waals surface area contributed by atoms with Crippen LogP contribution in [0.25, 0.3) is 10.2 Å². The first-order valence-electron chi connectivity index (χ1n) is 11.6. The van der Waals surface area contributed by atoms with Crippen LogP contribution in [0.15, 0.2) is 9.59 Å². The molecular weight excluding hydrogens is 458 g/mol. The summed E-state index contributed by atoms with van der Waals surface area (Å²) in [5.74, 6) is -0.323. The van der Waals surface area contributed by atoms with Crippen molar-refractivity contribution in [2.24, 2.45) is 13.0 Å². The molecule has 11 heteroatoms. The van der Waals surface area contributed by atoms with Gasteiger partial charge in [0.25, 0.3) is 11.5 Å². The summed E-state index contributed by atoms with van der Waals surface area (Å²) in [5.41, 5.74) is 2.21. The number of nitrogens with zero attached hydrogens (tertiary/aromatic N) is 4. The fourth-order valence-electron chi connectivity index (χ4n) is 4.39. The lowest BCUT2D eigenvalue weighted by atomic mass is 10.0. The number of carbonyl (C=O) groups is 1. The van der Waals surface area contributed by atoms with E-state index >= 15 is 0 Å². The lowest BCUT2D eigenvalue weighted by molar-refractivity contribution is -0.0778. The number of rotatable bonds is 7. The summed E-state index contributed by atoms with van der Waals surface area (Å²) >= 11 is 1.30. The molecule has 0 aromatic carbocycles.